The number of nitrogens with zero attached hydrogens (tertiary/aromatic N) is 1. The van der Waals surface area contributed by atoms with E-state index in [4.69, 9.17) is 14.3 Å². The summed E-state index contributed by atoms with van der Waals surface area (Å²) in [6.45, 7) is 3.48. The molecule has 3 atom stereocenters. The van der Waals surface area contributed by atoms with Gasteiger partial charge in [0, 0.05) is 6.54 Å². The second-order valence-corrected chi connectivity index (χ2v) is 5.19. The van der Waals surface area contributed by atoms with Crippen LogP contribution >= 0.6 is 0 Å². The lowest BCUT2D eigenvalue weighted by Crippen LogP contribution is -2.56. The third kappa shape index (κ3) is 3.64. The molecule has 1 aliphatic heterocycles. The first-order valence-corrected chi connectivity index (χ1v) is 6.90. The number of carboxylic acids is 1. The molecule has 22 heavy (non-hydrogen) atoms. The predicted molar refractivity (Wildman–Crippen MR) is 74.2 cm³/mol. The number of carboxylic acid groups (broad SMARTS) is 1. The molecule has 120 valence electrons. The molecule has 0 spiro atoms. The van der Waals surface area contributed by atoms with Crippen LogP contribution in [0.3, 0.4) is 0 Å². The largest absolute Gasteiger partial charge is 0.479 e. The fraction of sp³-hybridized carbons (Fsp3) is 0.500. The second kappa shape index (κ2) is 6.61. The van der Waals surface area contributed by atoms with Gasteiger partial charge >= 0.3 is 5.97 Å². The summed E-state index contributed by atoms with van der Waals surface area (Å²) in [6, 6.07) is 2.27. The minimum atomic E-state index is -1.11. The molecule has 0 bridgehead atoms. The van der Waals surface area contributed by atoms with Gasteiger partial charge in [-0.1, -0.05) is 0 Å². The highest BCUT2D eigenvalue weighted by molar-refractivity contribution is 5.95. The molecule has 0 radical (unpaired) electrons. The van der Waals surface area contributed by atoms with E-state index < -0.39 is 24.0 Å². The molecule has 0 aliphatic carbocycles. The van der Waals surface area contributed by atoms with Crippen LogP contribution in [0, 0.1) is 0 Å². The van der Waals surface area contributed by atoms with E-state index in [1.807, 2.05) is 0 Å². The Balaban J connectivity index is 1.97. The number of morpholine rings is 1. The number of aliphatic carboxylic acids is 1. The van der Waals surface area contributed by atoms with Crippen LogP contribution < -0.4 is 5.32 Å². The number of hydrogen-bond acceptors (Lipinski definition) is 5. The lowest BCUT2D eigenvalue weighted by molar-refractivity contribution is -0.167. The Morgan fingerprint density at radius 1 is 1.41 bits per heavy atom. The molecule has 0 saturated carbocycles. The zero-order chi connectivity index (χ0) is 16.3. The van der Waals surface area contributed by atoms with Gasteiger partial charge in [0.2, 0.25) is 5.91 Å². The van der Waals surface area contributed by atoms with Crippen LogP contribution in [0.2, 0.25) is 0 Å². The smallest absolute Gasteiger partial charge is 0.334 e. The van der Waals surface area contributed by atoms with Gasteiger partial charge in [-0.25, -0.2) is 4.79 Å². The summed E-state index contributed by atoms with van der Waals surface area (Å²) in [6.07, 6.45) is -0.0739. The van der Waals surface area contributed by atoms with Gasteiger partial charge in [0.05, 0.1) is 18.9 Å². The van der Waals surface area contributed by atoms with Crippen LogP contribution in [0.15, 0.2) is 22.8 Å². The topological polar surface area (TPSA) is 109 Å². The Morgan fingerprint density at radius 3 is 2.73 bits per heavy atom. The van der Waals surface area contributed by atoms with E-state index in [1.54, 1.807) is 19.9 Å². The van der Waals surface area contributed by atoms with Crippen LogP contribution in [0.25, 0.3) is 0 Å². The molecule has 1 aromatic rings. The molecule has 2 rings (SSSR count). The molecule has 1 aliphatic rings. The van der Waals surface area contributed by atoms with Crippen molar-refractivity contribution in [3.05, 3.63) is 24.2 Å². The van der Waals surface area contributed by atoms with Crippen molar-refractivity contribution in [2.24, 2.45) is 0 Å². The summed E-state index contributed by atoms with van der Waals surface area (Å²) in [4.78, 5) is 36.6. The van der Waals surface area contributed by atoms with Crippen molar-refractivity contribution in [3.8, 4) is 0 Å². The maximum absolute atomic E-state index is 12.3. The molecule has 1 fully saturated rings. The number of rotatable bonds is 4. The number of carbonyl (C=O) groups excluding carboxylic acids is 2. The van der Waals surface area contributed by atoms with E-state index in [0.29, 0.717) is 0 Å². The molecule has 2 heterocycles. The summed E-state index contributed by atoms with van der Waals surface area (Å²) in [5, 5.41) is 11.5. The number of furan rings is 1. The van der Waals surface area contributed by atoms with E-state index in [9.17, 15) is 14.4 Å². The molecular weight excluding hydrogens is 292 g/mol. The third-order valence-electron chi connectivity index (χ3n) is 3.31. The fourth-order valence-corrected chi connectivity index (χ4v) is 2.28. The lowest BCUT2D eigenvalue weighted by Gasteiger charge is -2.36. The number of ether oxygens (including phenoxy) is 1. The first-order chi connectivity index (χ1) is 10.4. The summed E-state index contributed by atoms with van der Waals surface area (Å²) in [7, 11) is 0. The van der Waals surface area contributed by atoms with Crippen molar-refractivity contribution in [2.75, 3.05) is 13.1 Å². The highest BCUT2D eigenvalue weighted by Crippen LogP contribution is 2.13. The SMILES string of the molecule is CC(NC(=O)c1ccco1)C(=O)N1CC(C(=O)O)O[C@H](C)C1. The highest BCUT2D eigenvalue weighted by atomic mass is 16.5. The van der Waals surface area contributed by atoms with Gasteiger partial charge in [0.1, 0.15) is 6.04 Å². The van der Waals surface area contributed by atoms with Crippen molar-refractivity contribution in [3.63, 3.8) is 0 Å². The summed E-state index contributed by atoms with van der Waals surface area (Å²) in [5.41, 5.74) is 0. The van der Waals surface area contributed by atoms with Crippen LogP contribution in [0.4, 0.5) is 0 Å². The minimum Gasteiger partial charge on any atom is -0.479 e. The van der Waals surface area contributed by atoms with Gasteiger partial charge in [-0.2, -0.15) is 0 Å². The minimum absolute atomic E-state index is 0.0422. The summed E-state index contributed by atoms with van der Waals surface area (Å²) < 4.78 is 10.2. The maximum Gasteiger partial charge on any atom is 0.334 e. The normalized spacial score (nSPS) is 22.9. The third-order valence-corrected chi connectivity index (χ3v) is 3.31. The van der Waals surface area contributed by atoms with Crippen molar-refractivity contribution in [2.45, 2.75) is 32.1 Å². The van der Waals surface area contributed by atoms with Crippen LogP contribution in [0.5, 0.6) is 0 Å². The fourth-order valence-electron chi connectivity index (χ4n) is 2.28. The van der Waals surface area contributed by atoms with E-state index in [-0.39, 0.29) is 30.9 Å². The van der Waals surface area contributed by atoms with Crippen LogP contribution in [0.1, 0.15) is 24.4 Å². The Hall–Kier alpha value is -2.35. The van der Waals surface area contributed by atoms with Gasteiger partial charge in [-0.15, -0.1) is 0 Å². The molecule has 8 nitrogen and oxygen atoms in total. The summed E-state index contributed by atoms with van der Waals surface area (Å²) in [5.74, 6) is -1.86. The zero-order valence-electron chi connectivity index (χ0n) is 12.3. The van der Waals surface area contributed by atoms with Gasteiger partial charge < -0.3 is 24.5 Å². The monoisotopic (exact) mass is 310 g/mol. The van der Waals surface area contributed by atoms with E-state index in [0.717, 1.165) is 0 Å². The molecular formula is C14H18N2O6. The average molecular weight is 310 g/mol. The molecule has 1 aromatic heterocycles. The summed E-state index contributed by atoms with van der Waals surface area (Å²) >= 11 is 0. The molecule has 2 N–H and O–H groups in total. The number of hydrogen-bond donors (Lipinski definition) is 2. The second-order valence-electron chi connectivity index (χ2n) is 5.19. The maximum atomic E-state index is 12.3. The Bertz CT molecular complexity index is 556. The van der Waals surface area contributed by atoms with Crippen molar-refractivity contribution < 1.29 is 28.6 Å². The number of carbonyl (C=O) groups is 3. The van der Waals surface area contributed by atoms with E-state index in [2.05, 4.69) is 5.32 Å². The standard InChI is InChI=1S/C14H18N2O6/c1-8-6-16(7-11(22-8)14(19)20)13(18)9(2)15-12(17)10-4-3-5-21-10/h3-5,8-9,11H,6-7H2,1-2H3,(H,15,17)(H,19,20)/t8-,9?,11?/m1/s1. The average Bonchev–Trinajstić information content (AvgIpc) is 2.99. The molecule has 0 aromatic carbocycles. The van der Waals surface area contributed by atoms with E-state index >= 15 is 0 Å². The molecule has 8 heteroatoms. The lowest BCUT2D eigenvalue weighted by atomic mass is 10.2. The van der Waals surface area contributed by atoms with Gasteiger partial charge in [0.15, 0.2) is 11.9 Å². The first-order valence-electron chi connectivity index (χ1n) is 6.90. The van der Waals surface area contributed by atoms with E-state index in [1.165, 1.54) is 17.2 Å². The van der Waals surface area contributed by atoms with Gasteiger partial charge in [-0.3, -0.25) is 9.59 Å². The Labute approximate surface area is 127 Å². The van der Waals surface area contributed by atoms with Crippen molar-refractivity contribution in [1.29, 1.82) is 0 Å². The van der Waals surface area contributed by atoms with Crippen LogP contribution in [-0.4, -0.2) is 59.1 Å². The van der Waals surface area contributed by atoms with Gasteiger partial charge in [-0.05, 0) is 26.0 Å². The Morgan fingerprint density at radius 2 is 2.14 bits per heavy atom. The zero-order valence-corrected chi connectivity index (χ0v) is 12.3. The van der Waals surface area contributed by atoms with Crippen molar-refractivity contribution in [1.82, 2.24) is 10.2 Å². The van der Waals surface area contributed by atoms with Gasteiger partial charge in [0.25, 0.3) is 5.91 Å². The Kier molecular flexibility index (Phi) is 4.81. The highest BCUT2D eigenvalue weighted by Gasteiger charge is 2.34. The van der Waals surface area contributed by atoms with Crippen LogP contribution in [-0.2, 0) is 14.3 Å². The first kappa shape index (κ1) is 16.0. The van der Waals surface area contributed by atoms with Crippen molar-refractivity contribution >= 4 is 17.8 Å². The predicted octanol–water partition coefficient (Wildman–Crippen LogP) is 0.0984. The number of nitrogens with one attached hydrogen (secondary N) is 1. The number of amides is 2. The molecule has 1 saturated heterocycles. The quantitative estimate of drug-likeness (QED) is 0.816. The molecule has 2 amide bonds. The molecule has 2 unspecified atom stereocenters.